The van der Waals surface area contributed by atoms with Gasteiger partial charge >= 0.3 is 0 Å². The number of benzene rings is 1. The van der Waals surface area contributed by atoms with Crippen molar-refractivity contribution in [2.75, 3.05) is 24.5 Å². The minimum atomic E-state index is -0.671. The minimum absolute atomic E-state index is 0.0711. The summed E-state index contributed by atoms with van der Waals surface area (Å²) in [4.78, 5) is 27.2. The Kier molecular flexibility index (Phi) is 6.65. The van der Waals surface area contributed by atoms with Gasteiger partial charge in [-0.2, -0.15) is 5.26 Å². The molecule has 2 fully saturated rings. The monoisotopic (exact) mass is 514 g/mol. The van der Waals surface area contributed by atoms with Crippen molar-refractivity contribution in [1.29, 1.82) is 5.26 Å². The van der Waals surface area contributed by atoms with Gasteiger partial charge in [0.15, 0.2) is 0 Å². The Labute approximate surface area is 223 Å². The molecule has 0 radical (unpaired) electrons. The van der Waals surface area contributed by atoms with E-state index < -0.39 is 5.41 Å². The van der Waals surface area contributed by atoms with Gasteiger partial charge in [-0.1, -0.05) is 39.0 Å². The number of carbonyl (C=O) groups is 1. The fraction of sp³-hybridized carbons (Fsp3) is 0.533. The predicted molar refractivity (Wildman–Crippen MR) is 144 cm³/mol. The van der Waals surface area contributed by atoms with Gasteiger partial charge < -0.3 is 14.4 Å². The number of nitrogens with zero attached hydrogens (tertiary/aromatic N) is 6. The van der Waals surface area contributed by atoms with Gasteiger partial charge in [0.2, 0.25) is 11.7 Å². The molecule has 0 unspecified atom stereocenters. The van der Waals surface area contributed by atoms with Gasteiger partial charge in [0.25, 0.3) is 0 Å². The van der Waals surface area contributed by atoms with Crippen molar-refractivity contribution >= 4 is 22.6 Å². The smallest absolute Gasteiger partial charge is 0.238 e. The highest BCUT2D eigenvalue weighted by Crippen LogP contribution is 2.49. The number of amides is 1. The van der Waals surface area contributed by atoms with Crippen LogP contribution >= 0.6 is 0 Å². The van der Waals surface area contributed by atoms with Crippen LogP contribution in [0.15, 0.2) is 30.5 Å². The number of hydrogen-bond acceptors (Lipinski definition) is 5. The van der Waals surface area contributed by atoms with Crippen LogP contribution < -0.4 is 4.90 Å². The van der Waals surface area contributed by atoms with Crippen LogP contribution in [0.2, 0.25) is 0 Å². The molecule has 1 saturated carbocycles. The third-order valence-corrected chi connectivity index (χ3v) is 9.20. The molecule has 1 amide bonds. The zero-order chi connectivity index (χ0) is 26.3. The molecule has 3 aliphatic rings. The number of rotatable bonds is 6. The number of piperidine rings is 1. The summed E-state index contributed by atoms with van der Waals surface area (Å²) in [5, 5.41) is 10.3. The number of halogens is 1. The van der Waals surface area contributed by atoms with E-state index in [9.17, 15) is 14.4 Å². The van der Waals surface area contributed by atoms with Crippen molar-refractivity contribution in [2.45, 2.75) is 76.8 Å². The molecule has 198 valence electrons. The fourth-order valence-electron chi connectivity index (χ4n) is 6.98. The predicted octanol–water partition coefficient (Wildman–Crippen LogP) is 5.31. The molecule has 8 heteroatoms. The molecule has 6 rings (SSSR count). The molecular weight excluding hydrogens is 479 g/mol. The summed E-state index contributed by atoms with van der Waals surface area (Å²) >= 11 is 0. The maximum Gasteiger partial charge on any atom is 0.238 e. The van der Waals surface area contributed by atoms with Crippen LogP contribution in [-0.2, 0) is 23.3 Å². The number of hydrogen-bond donors (Lipinski definition) is 0. The Morgan fingerprint density at radius 2 is 1.95 bits per heavy atom. The second-order valence-corrected chi connectivity index (χ2v) is 11.2. The number of anilines is 1. The van der Waals surface area contributed by atoms with E-state index in [4.69, 9.17) is 0 Å². The number of aryl methyl sites for hydroxylation is 1. The maximum atomic E-state index is 14.5. The minimum Gasteiger partial charge on any atom is -0.328 e. The lowest BCUT2D eigenvalue weighted by Crippen LogP contribution is -2.48. The van der Waals surface area contributed by atoms with Gasteiger partial charge in [0.05, 0.1) is 12.0 Å². The Morgan fingerprint density at radius 3 is 2.68 bits per heavy atom. The van der Waals surface area contributed by atoms with E-state index in [0.717, 1.165) is 60.6 Å². The molecule has 2 aromatic heterocycles. The lowest BCUT2D eigenvalue weighted by atomic mass is 9.73. The van der Waals surface area contributed by atoms with Crippen LogP contribution in [0.25, 0.3) is 11.0 Å². The second-order valence-electron chi connectivity index (χ2n) is 11.2. The molecule has 1 spiro atoms. The third-order valence-electron chi connectivity index (χ3n) is 9.20. The summed E-state index contributed by atoms with van der Waals surface area (Å²) in [6.45, 7) is 5.94. The van der Waals surface area contributed by atoms with Crippen LogP contribution in [0, 0.1) is 23.1 Å². The average molecular weight is 515 g/mol. The molecule has 1 aliphatic carbocycles. The number of aromatic nitrogens is 3. The molecule has 2 aliphatic heterocycles. The summed E-state index contributed by atoms with van der Waals surface area (Å²) in [5.41, 5.74) is 2.70. The summed E-state index contributed by atoms with van der Waals surface area (Å²) in [6, 6.07) is 8.93. The summed E-state index contributed by atoms with van der Waals surface area (Å²) < 4.78 is 16.7. The van der Waals surface area contributed by atoms with Gasteiger partial charge in [-0.05, 0) is 74.6 Å². The Morgan fingerprint density at radius 1 is 1.16 bits per heavy atom. The molecule has 1 saturated heterocycles. The summed E-state index contributed by atoms with van der Waals surface area (Å²) in [5.74, 6) is 0.620. The van der Waals surface area contributed by atoms with E-state index >= 15 is 0 Å². The van der Waals surface area contributed by atoms with Gasteiger partial charge in [-0.15, -0.1) is 0 Å². The van der Waals surface area contributed by atoms with Crippen LogP contribution in [0.5, 0.6) is 0 Å². The molecular formula is C30H35FN6O. The largest absolute Gasteiger partial charge is 0.328 e. The van der Waals surface area contributed by atoms with E-state index in [-0.39, 0.29) is 17.5 Å². The molecule has 1 aromatic carbocycles. The van der Waals surface area contributed by atoms with Crippen molar-refractivity contribution in [1.82, 2.24) is 19.4 Å². The van der Waals surface area contributed by atoms with E-state index in [1.165, 1.54) is 38.2 Å². The quantitative estimate of drug-likeness (QED) is 0.445. The first-order valence-electron chi connectivity index (χ1n) is 14.1. The number of nitriles is 1. The molecule has 0 atom stereocenters. The van der Waals surface area contributed by atoms with Crippen LogP contribution in [0.3, 0.4) is 0 Å². The molecule has 0 N–H and O–H groups in total. The molecule has 4 heterocycles. The van der Waals surface area contributed by atoms with Crippen molar-refractivity contribution in [3.8, 4) is 6.07 Å². The topological polar surface area (TPSA) is 78.1 Å². The first-order valence-corrected chi connectivity index (χ1v) is 14.1. The van der Waals surface area contributed by atoms with E-state index in [2.05, 4.69) is 38.5 Å². The summed E-state index contributed by atoms with van der Waals surface area (Å²) in [6.07, 6.45) is 10.6. The highest BCUT2D eigenvalue weighted by atomic mass is 19.1. The Hall–Kier alpha value is -3.31. The van der Waals surface area contributed by atoms with Crippen LogP contribution in [-0.4, -0.2) is 45.0 Å². The molecule has 0 bridgehead atoms. The molecule has 3 aromatic rings. The number of likely N-dealkylation sites (tertiary alicyclic amines) is 1. The van der Waals surface area contributed by atoms with E-state index in [0.29, 0.717) is 25.3 Å². The SMILES string of the molecule is CCN1CCC2(CC1)C(=O)N(Cc1cc3cnc(C#N)nc3n1CCC1CCCCC1)c1ccc(F)cc12. The van der Waals surface area contributed by atoms with Gasteiger partial charge in [0.1, 0.15) is 17.5 Å². The zero-order valence-electron chi connectivity index (χ0n) is 22.1. The van der Waals surface area contributed by atoms with Crippen molar-refractivity contribution < 1.29 is 9.18 Å². The van der Waals surface area contributed by atoms with E-state index in [1.54, 1.807) is 18.3 Å². The molecule has 38 heavy (non-hydrogen) atoms. The number of fused-ring (bicyclic) bond motifs is 3. The lowest BCUT2D eigenvalue weighted by Gasteiger charge is -2.38. The van der Waals surface area contributed by atoms with Crippen molar-refractivity contribution in [3.05, 3.63) is 53.4 Å². The highest BCUT2D eigenvalue weighted by Gasteiger charge is 2.52. The van der Waals surface area contributed by atoms with Crippen molar-refractivity contribution in [3.63, 3.8) is 0 Å². The average Bonchev–Trinajstić information content (AvgIpc) is 3.40. The lowest BCUT2D eigenvalue weighted by molar-refractivity contribution is -0.125. The first-order chi connectivity index (χ1) is 18.5. The first kappa shape index (κ1) is 25.0. The van der Waals surface area contributed by atoms with Gasteiger partial charge in [-0.3, -0.25) is 4.79 Å². The standard InChI is InChI=1S/C30H35FN6O/c1-2-35-14-11-30(12-15-35)25-17-23(31)8-9-26(25)37(29(30)38)20-24-16-22-19-33-27(18-32)34-28(22)36(24)13-10-21-6-4-3-5-7-21/h8-9,16-17,19,21H,2-7,10-15,20H2,1H3. The second kappa shape index (κ2) is 10.1. The van der Waals surface area contributed by atoms with E-state index in [1.807, 2.05) is 4.90 Å². The van der Waals surface area contributed by atoms with Crippen LogP contribution in [0.4, 0.5) is 10.1 Å². The Bertz CT molecular complexity index is 1390. The Balaban J connectivity index is 1.36. The van der Waals surface area contributed by atoms with Gasteiger partial charge in [-0.25, -0.2) is 14.4 Å². The highest BCUT2D eigenvalue weighted by molar-refractivity contribution is 6.08. The van der Waals surface area contributed by atoms with Gasteiger partial charge in [0, 0.05) is 29.5 Å². The fourth-order valence-corrected chi connectivity index (χ4v) is 6.98. The third kappa shape index (κ3) is 4.27. The van der Waals surface area contributed by atoms with Crippen molar-refractivity contribution in [2.24, 2.45) is 5.92 Å². The zero-order valence-corrected chi connectivity index (χ0v) is 22.1. The summed E-state index contributed by atoms with van der Waals surface area (Å²) in [7, 11) is 0. The normalized spacial score (nSPS) is 19.8. The molecule has 7 nitrogen and oxygen atoms in total. The number of carbonyl (C=O) groups excluding carboxylic acids is 1. The van der Waals surface area contributed by atoms with Crippen LogP contribution in [0.1, 0.15) is 75.4 Å². The maximum absolute atomic E-state index is 14.5.